The Morgan fingerprint density at radius 1 is 0.806 bits per heavy atom. The van der Waals surface area contributed by atoms with Gasteiger partial charge in [0.1, 0.15) is 5.75 Å². The molecule has 2 amide bonds. The molecule has 1 heterocycles. The molecule has 0 fully saturated rings. The van der Waals surface area contributed by atoms with Gasteiger partial charge in [-0.15, -0.1) is 0 Å². The first-order chi connectivity index (χ1) is 17.3. The number of benzene rings is 3. The topological polar surface area (TPSA) is 89.6 Å². The van der Waals surface area contributed by atoms with Gasteiger partial charge in [0, 0.05) is 28.4 Å². The molecule has 0 saturated heterocycles. The lowest BCUT2D eigenvalue weighted by atomic mass is 10.1. The summed E-state index contributed by atoms with van der Waals surface area (Å²) in [4.78, 5) is 29.4. The molecule has 0 aliphatic rings. The summed E-state index contributed by atoms with van der Waals surface area (Å²) in [5.41, 5.74) is 6.88. The number of aromatic nitrogens is 1. The van der Waals surface area contributed by atoms with E-state index in [2.05, 4.69) is 10.6 Å². The van der Waals surface area contributed by atoms with Crippen LogP contribution < -0.4 is 15.4 Å². The second kappa shape index (κ2) is 10.9. The molecule has 1 aromatic heterocycles. The summed E-state index contributed by atoms with van der Waals surface area (Å²) in [5.74, 6) is 0.0171. The number of nitrogens with zero attached hydrogens (tertiary/aromatic N) is 1. The third-order valence-corrected chi connectivity index (χ3v) is 5.51. The van der Waals surface area contributed by atoms with E-state index in [0.717, 1.165) is 27.9 Å². The standard InChI is InChI=1S/C29H29N3O4/c1-5-35-28(33)17-36-27-16-26(21-8-6-18(2)7-9-21)32-25-11-10-22(15-24(25)27)30-29(34)31-23-13-19(3)12-20(4)14-23/h6-16H,5,17H2,1-4H3,(H2,30,31,34). The van der Waals surface area contributed by atoms with Crippen molar-refractivity contribution < 1.29 is 19.1 Å². The van der Waals surface area contributed by atoms with Crippen molar-refractivity contribution in [3.8, 4) is 17.0 Å². The zero-order valence-corrected chi connectivity index (χ0v) is 20.8. The molecule has 2 N–H and O–H groups in total. The summed E-state index contributed by atoms with van der Waals surface area (Å²) < 4.78 is 10.9. The van der Waals surface area contributed by atoms with Gasteiger partial charge in [-0.05, 0) is 69.2 Å². The summed E-state index contributed by atoms with van der Waals surface area (Å²) in [6.07, 6.45) is 0. The van der Waals surface area contributed by atoms with Crippen LogP contribution in [0, 0.1) is 20.8 Å². The van der Waals surface area contributed by atoms with Gasteiger partial charge in [0.25, 0.3) is 0 Å². The minimum Gasteiger partial charge on any atom is -0.481 e. The van der Waals surface area contributed by atoms with Crippen molar-refractivity contribution in [3.63, 3.8) is 0 Å². The van der Waals surface area contributed by atoms with Crippen molar-refractivity contribution in [1.82, 2.24) is 4.98 Å². The van der Waals surface area contributed by atoms with Crippen LogP contribution >= 0.6 is 0 Å². The SMILES string of the molecule is CCOC(=O)COc1cc(-c2ccc(C)cc2)nc2ccc(NC(=O)Nc3cc(C)cc(C)c3)cc12. The smallest absolute Gasteiger partial charge is 0.344 e. The third-order valence-electron chi connectivity index (χ3n) is 5.51. The number of ether oxygens (including phenoxy) is 2. The molecule has 4 rings (SSSR count). The second-order valence-electron chi connectivity index (χ2n) is 8.65. The molecule has 7 nitrogen and oxygen atoms in total. The van der Waals surface area contributed by atoms with Gasteiger partial charge in [0.15, 0.2) is 6.61 Å². The number of carbonyl (C=O) groups excluding carboxylic acids is 2. The maximum atomic E-state index is 12.6. The van der Waals surface area contributed by atoms with Gasteiger partial charge in [-0.3, -0.25) is 0 Å². The van der Waals surface area contributed by atoms with Crippen LogP contribution in [0.5, 0.6) is 5.75 Å². The average molecular weight is 484 g/mol. The zero-order chi connectivity index (χ0) is 25.7. The quantitative estimate of drug-likeness (QED) is 0.296. The molecule has 0 unspecified atom stereocenters. The number of pyridine rings is 1. The van der Waals surface area contributed by atoms with E-state index >= 15 is 0 Å². The summed E-state index contributed by atoms with van der Waals surface area (Å²) in [7, 11) is 0. The summed E-state index contributed by atoms with van der Waals surface area (Å²) in [6.45, 7) is 7.78. The first-order valence-electron chi connectivity index (χ1n) is 11.8. The van der Waals surface area contributed by atoms with E-state index in [0.29, 0.717) is 28.0 Å². The average Bonchev–Trinajstić information content (AvgIpc) is 2.82. The van der Waals surface area contributed by atoms with Crippen molar-refractivity contribution in [1.29, 1.82) is 0 Å². The van der Waals surface area contributed by atoms with Crippen molar-refractivity contribution in [3.05, 3.63) is 83.4 Å². The summed E-state index contributed by atoms with van der Waals surface area (Å²) >= 11 is 0. The largest absolute Gasteiger partial charge is 0.481 e. The van der Waals surface area contributed by atoms with E-state index in [9.17, 15) is 9.59 Å². The number of hydrogen-bond donors (Lipinski definition) is 2. The Labute approximate surface area is 210 Å². The van der Waals surface area contributed by atoms with Gasteiger partial charge in [-0.25, -0.2) is 14.6 Å². The molecule has 0 aliphatic carbocycles. The Morgan fingerprint density at radius 3 is 2.19 bits per heavy atom. The number of aryl methyl sites for hydroxylation is 3. The fraction of sp³-hybridized carbons (Fsp3) is 0.207. The lowest BCUT2D eigenvalue weighted by molar-refractivity contribution is -0.145. The molecule has 184 valence electrons. The van der Waals surface area contributed by atoms with E-state index in [1.165, 1.54) is 0 Å². The van der Waals surface area contributed by atoms with Crippen molar-refractivity contribution >= 4 is 34.3 Å². The van der Waals surface area contributed by atoms with E-state index in [1.807, 2.05) is 69.3 Å². The first kappa shape index (κ1) is 24.7. The molecule has 0 bridgehead atoms. The number of carbonyl (C=O) groups is 2. The number of urea groups is 1. The number of esters is 1. The Kier molecular flexibility index (Phi) is 7.49. The van der Waals surface area contributed by atoms with Crippen LogP contribution in [0.2, 0.25) is 0 Å². The Bertz CT molecular complexity index is 1390. The van der Waals surface area contributed by atoms with Gasteiger partial charge in [0.05, 0.1) is 17.8 Å². The van der Waals surface area contributed by atoms with Crippen LogP contribution in [0.3, 0.4) is 0 Å². The fourth-order valence-electron chi connectivity index (χ4n) is 3.94. The number of hydrogen-bond acceptors (Lipinski definition) is 5. The highest BCUT2D eigenvalue weighted by Crippen LogP contribution is 2.32. The Morgan fingerprint density at radius 2 is 1.50 bits per heavy atom. The molecule has 0 radical (unpaired) electrons. The van der Waals surface area contributed by atoms with Gasteiger partial charge in [-0.2, -0.15) is 0 Å². The maximum Gasteiger partial charge on any atom is 0.344 e. The molecule has 3 aromatic carbocycles. The number of fused-ring (bicyclic) bond motifs is 1. The second-order valence-corrected chi connectivity index (χ2v) is 8.65. The van der Waals surface area contributed by atoms with Crippen molar-refractivity contribution in [2.45, 2.75) is 27.7 Å². The van der Waals surface area contributed by atoms with Crippen LogP contribution in [-0.2, 0) is 9.53 Å². The molecule has 36 heavy (non-hydrogen) atoms. The molecule has 4 aromatic rings. The predicted octanol–water partition coefficient (Wildman–Crippen LogP) is 6.41. The molecular formula is C29H29N3O4. The Balaban J connectivity index is 1.64. The summed E-state index contributed by atoms with van der Waals surface area (Å²) in [6, 6.07) is 20.7. The minimum absolute atomic E-state index is 0.231. The molecular weight excluding hydrogens is 454 g/mol. The van der Waals surface area contributed by atoms with Crippen LogP contribution in [0.1, 0.15) is 23.6 Å². The van der Waals surface area contributed by atoms with Gasteiger partial charge in [-0.1, -0.05) is 35.9 Å². The molecule has 0 aliphatic heterocycles. The lowest BCUT2D eigenvalue weighted by Crippen LogP contribution is -2.19. The molecule has 0 atom stereocenters. The van der Waals surface area contributed by atoms with Crippen LogP contribution in [0.4, 0.5) is 16.2 Å². The first-order valence-corrected chi connectivity index (χ1v) is 11.8. The highest BCUT2D eigenvalue weighted by Gasteiger charge is 2.13. The van der Waals surface area contributed by atoms with Gasteiger partial charge < -0.3 is 20.1 Å². The Hall–Kier alpha value is -4.39. The number of amides is 2. The predicted molar refractivity (Wildman–Crippen MR) is 143 cm³/mol. The summed E-state index contributed by atoms with van der Waals surface area (Å²) in [5, 5.41) is 6.39. The van der Waals surface area contributed by atoms with Crippen molar-refractivity contribution in [2.75, 3.05) is 23.8 Å². The van der Waals surface area contributed by atoms with Crippen LogP contribution in [0.25, 0.3) is 22.2 Å². The highest BCUT2D eigenvalue weighted by atomic mass is 16.6. The number of anilines is 2. The normalized spacial score (nSPS) is 10.7. The zero-order valence-electron chi connectivity index (χ0n) is 20.8. The molecule has 7 heteroatoms. The fourth-order valence-corrected chi connectivity index (χ4v) is 3.94. The van der Waals surface area contributed by atoms with E-state index < -0.39 is 5.97 Å². The van der Waals surface area contributed by atoms with Gasteiger partial charge in [0.2, 0.25) is 0 Å². The van der Waals surface area contributed by atoms with Gasteiger partial charge >= 0.3 is 12.0 Å². The van der Waals surface area contributed by atoms with Crippen LogP contribution in [0.15, 0.2) is 66.7 Å². The van der Waals surface area contributed by atoms with E-state index in [1.54, 1.807) is 25.1 Å². The molecule has 0 spiro atoms. The van der Waals surface area contributed by atoms with E-state index in [-0.39, 0.29) is 19.2 Å². The minimum atomic E-state index is -0.457. The van der Waals surface area contributed by atoms with E-state index in [4.69, 9.17) is 14.5 Å². The number of rotatable bonds is 7. The van der Waals surface area contributed by atoms with Crippen molar-refractivity contribution in [2.24, 2.45) is 0 Å². The lowest BCUT2D eigenvalue weighted by Gasteiger charge is -2.14. The monoisotopic (exact) mass is 483 g/mol. The third kappa shape index (κ3) is 6.18. The molecule has 0 saturated carbocycles. The van der Waals surface area contributed by atoms with Crippen LogP contribution in [-0.4, -0.2) is 30.2 Å². The number of nitrogens with one attached hydrogen (secondary N) is 2. The maximum absolute atomic E-state index is 12.6. The highest BCUT2D eigenvalue weighted by molar-refractivity contribution is 6.01.